The lowest BCUT2D eigenvalue weighted by Gasteiger charge is -2.08. The summed E-state index contributed by atoms with van der Waals surface area (Å²) in [6.45, 7) is 6.35. The molecule has 92 valence electrons. The average Bonchev–Trinajstić information content (AvgIpc) is 2.38. The van der Waals surface area contributed by atoms with Gasteiger partial charge in [-0.1, -0.05) is 58.9 Å². The maximum absolute atomic E-state index is 4.18. The summed E-state index contributed by atoms with van der Waals surface area (Å²) in [6, 6.07) is 16.9. The van der Waals surface area contributed by atoms with Gasteiger partial charge in [0, 0.05) is 4.47 Å². The third-order valence-electron chi connectivity index (χ3n) is 3.21. The van der Waals surface area contributed by atoms with Crippen LogP contribution < -0.4 is 0 Å². The van der Waals surface area contributed by atoms with Crippen molar-refractivity contribution in [1.82, 2.24) is 0 Å². The van der Waals surface area contributed by atoms with Crippen LogP contribution in [0.2, 0.25) is 0 Å². The van der Waals surface area contributed by atoms with Gasteiger partial charge in [-0.3, -0.25) is 0 Å². The minimum Gasteiger partial charge on any atom is -0.0952 e. The molecule has 0 aromatic heterocycles. The van der Waals surface area contributed by atoms with Crippen LogP contribution >= 0.6 is 15.9 Å². The molecule has 0 aliphatic carbocycles. The maximum Gasteiger partial charge on any atom is 0.0175 e. The van der Waals surface area contributed by atoms with Crippen molar-refractivity contribution >= 4 is 21.5 Å². The zero-order chi connectivity index (χ0) is 13.0. The van der Waals surface area contributed by atoms with E-state index in [1.807, 2.05) is 0 Å². The fraction of sp³-hybridized carbons (Fsp3) is 0.176. The highest BCUT2D eigenvalue weighted by Gasteiger charge is 2.02. The lowest BCUT2D eigenvalue weighted by molar-refractivity contribution is 1.00. The first-order chi connectivity index (χ1) is 8.66. The summed E-state index contributed by atoms with van der Waals surface area (Å²) in [5, 5.41) is 0. The van der Waals surface area contributed by atoms with E-state index in [1.54, 1.807) is 0 Å². The van der Waals surface area contributed by atoms with Gasteiger partial charge < -0.3 is 0 Å². The maximum atomic E-state index is 4.18. The third kappa shape index (κ3) is 3.33. The monoisotopic (exact) mass is 300 g/mol. The number of aryl methyl sites for hydroxylation is 2. The number of halogens is 1. The van der Waals surface area contributed by atoms with Crippen LogP contribution in [0.4, 0.5) is 0 Å². The highest BCUT2D eigenvalue weighted by atomic mass is 79.9. The van der Waals surface area contributed by atoms with Gasteiger partial charge in [-0.2, -0.15) is 0 Å². The van der Waals surface area contributed by atoms with Crippen molar-refractivity contribution in [2.75, 3.05) is 0 Å². The summed E-state index contributed by atoms with van der Waals surface area (Å²) >= 11 is 3.45. The SMILES string of the molecule is C=C(CCc1ccccc1C)c1ccc(Br)cc1. The van der Waals surface area contributed by atoms with Gasteiger partial charge in [-0.15, -0.1) is 0 Å². The molecular formula is C17H17Br. The van der Waals surface area contributed by atoms with E-state index in [0.717, 1.165) is 17.3 Å². The zero-order valence-electron chi connectivity index (χ0n) is 10.6. The summed E-state index contributed by atoms with van der Waals surface area (Å²) in [5.41, 5.74) is 5.20. The molecule has 0 saturated carbocycles. The molecule has 0 radical (unpaired) electrons. The second kappa shape index (κ2) is 6.01. The first-order valence-corrected chi connectivity index (χ1v) is 6.94. The van der Waals surface area contributed by atoms with Crippen molar-refractivity contribution in [2.24, 2.45) is 0 Å². The Morgan fingerprint density at radius 3 is 2.39 bits per heavy atom. The minimum absolute atomic E-state index is 1.01. The Labute approximate surface area is 117 Å². The smallest absolute Gasteiger partial charge is 0.0175 e. The Bertz CT molecular complexity index is 538. The van der Waals surface area contributed by atoms with Crippen molar-refractivity contribution in [2.45, 2.75) is 19.8 Å². The van der Waals surface area contributed by atoms with Gasteiger partial charge in [0.1, 0.15) is 0 Å². The van der Waals surface area contributed by atoms with E-state index in [1.165, 1.54) is 22.3 Å². The molecular weight excluding hydrogens is 284 g/mol. The van der Waals surface area contributed by atoms with E-state index in [0.29, 0.717) is 0 Å². The van der Waals surface area contributed by atoms with Gasteiger partial charge in [0.25, 0.3) is 0 Å². The molecule has 0 aliphatic heterocycles. The fourth-order valence-corrected chi connectivity index (χ4v) is 2.27. The van der Waals surface area contributed by atoms with Crippen LogP contribution in [0.3, 0.4) is 0 Å². The molecule has 2 aromatic rings. The molecule has 18 heavy (non-hydrogen) atoms. The van der Waals surface area contributed by atoms with E-state index in [9.17, 15) is 0 Å². The average molecular weight is 301 g/mol. The first kappa shape index (κ1) is 13.1. The molecule has 0 spiro atoms. The van der Waals surface area contributed by atoms with Crippen molar-refractivity contribution in [3.8, 4) is 0 Å². The molecule has 2 aromatic carbocycles. The first-order valence-electron chi connectivity index (χ1n) is 6.15. The Morgan fingerprint density at radius 2 is 1.72 bits per heavy atom. The molecule has 0 N–H and O–H groups in total. The van der Waals surface area contributed by atoms with Gasteiger partial charge in [0.2, 0.25) is 0 Å². The predicted octanol–water partition coefficient (Wildman–Crippen LogP) is 5.40. The number of allylic oxidation sites excluding steroid dienone is 1. The lowest BCUT2D eigenvalue weighted by Crippen LogP contribution is -1.91. The normalized spacial score (nSPS) is 10.3. The largest absolute Gasteiger partial charge is 0.0952 e. The Morgan fingerprint density at radius 1 is 1.06 bits per heavy atom. The van der Waals surface area contributed by atoms with Gasteiger partial charge in [-0.25, -0.2) is 0 Å². The minimum atomic E-state index is 1.01. The molecule has 0 atom stereocenters. The predicted molar refractivity (Wildman–Crippen MR) is 82.7 cm³/mol. The molecule has 1 heteroatoms. The van der Waals surface area contributed by atoms with Crippen LogP contribution in [0.15, 0.2) is 59.6 Å². The van der Waals surface area contributed by atoms with Crippen LogP contribution in [0.25, 0.3) is 5.57 Å². The van der Waals surface area contributed by atoms with E-state index >= 15 is 0 Å². The number of hydrogen-bond acceptors (Lipinski definition) is 0. The van der Waals surface area contributed by atoms with E-state index in [-0.39, 0.29) is 0 Å². The second-order valence-corrected chi connectivity index (χ2v) is 5.45. The molecule has 0 saturated heterocycles. The van der Waals surface area contributed by atoms with Crippen molar-refractivity contribution in [3.05, 3.63) is 76.3 Å². The van der Waals surface area contributed by atoms with Crippen LogP contribution in [-0.4, -0.2) is 0 Å². The number of hydrogen-bond donors (Lipinski definition) is 0. The van der Waals surface area contributed by atoms with Crippen LogP contribution in [0.5, 0.6) is 0 Å². The standard InChI is InChI=1S/C17H17Br/c1-13-5-3-4-6-15(13)8-7-14(2)16-9-11-17(18)12-10-16/h3-6,9-12H,2,7-8H2,1H3. The highest BCUT2D eigenvalue weighted by molar-refractivity contribution is 9.10. The molecule has 0 bridgehead atoms. The number of rotatable bonds is 4. The topological polar surface area (TPSA) is 0 Å². The van der Waals surface area contributed by atoms with Crippen LogP contribution in [0.1, 0.15) is 23.1 Å². The second-order valence-electron chi connectivity index (χ2n) is 4.54. The van der Waals surface area contributed by atoms with Crippen molar-refractivity contribution in [3.63, 3.8) is 0 Å². The van der Waals surface area contributed by atoms with Crippen LogP contribution in [-0.2, 0) is 6.42 Å². The van der Waals surface area contributed by atoms with Crippen molar-refractivity contribution < 1.29 is 0 Å². The molecule has 0 amide bonds. The summed E-state index contributed by atoms with van der Waals surface area (Å²) in [4.78, 5) is 0. The molecule has 0 fully saturated rings. The lowest BCUT2D eigenvalue weighted by atomic mass is 9.98. The van der Waals surface area contributed by atoms with Crippen molar-refractivity contribution in [1.29, 1.82) is 0 Å². The van der Waals surface area contributed by atoms with E-state index < -0.39 is 0 Å². The van der Waals surface area contributed by atoms with Gasteiger partial charge >= 0.3 is 0 Å². The Kier molecular flexibility index (Phi) is 4.38. The molecule has 2 rings (SSSR count). The fourth-order valence-electron chi connectivity index (χ4n) is 2.01. The Hall–Kier alpha value is -1.34. The molecule has 0 heterocycles. The summed E-state index contributed by atoms with van der Waals surface area (Å²) in [7, 11) is 0. The molecule has 0 unspecified atom stereocenters. The summed E-state index contributed by atoms with van der Waals surface area (Å²) in [6.07, 6.45) is 2.06. The van der Waals surface area contributed by atoms with Gasteiger partial charge in [0.15, 0.2) is 0 Å². The molecule has 0 nitrogen and oxygen atoms in total. The van der Waals surface area contributed by atoms with Crippen LogP contribution in [0, 0.1) is 6.92 Å². The summed E-state index contributed by atoms with van der Waals surface area (Å²) < 4.78 is 1.11. The Balaban J connectivity index is 2.01. The number of benzene rings is 2. The van der Waals surface area contributed by atoms with Gasteiger partial charge in [-0.05, 0) is 54.2 Å². The summed E-state index contributed by atoms with van der Waals surface area (Å²) in [5.74, 6) is 0. The third-order valence-corrected chi connectivity index (χ3v) is 3.74. The molecule has 0 aliphatic rings. The van der Waals surface area contributed by atoms with E-state index in [2.05, 4.69) is 78.0 Å². The highest BCUT2D eigenvalue weighted by Crippen LogP contribution is 2.21. The zero-order valence-corrected chi connectivity index (χ0v) is 12.2. The van der Waals surface area contributed by atoms with E-state index in [4.69, 9.17) is 0 Å². The quantitative estimate of drug-likeness (QED) is 0.709. The van der Waals surface area contributed by atoms with Gasteiger partial charge in [0.05, 0.1) is 0 Å².